The summed E-state index contributed by atoms with van der Waals surface area (Å²) in [5.41, 5.74) is 5.92. The summed E-state index contributed by atoms with van der Waals surface area (Å²) in [4.78, 5) is 11.1. The normalized spacial score (nSPS) is 10.0. The Kier molecular flexibility index (Phi) is 4.54. The lowest BCUT2D eigenvalue weighted by Crippen LogP contribution is -2.21. The predicted octanol–water partition coefficient (Wildman–Crippen LogP) is 3.14. The number of rotatable bonds is 4. The molecular weight excluding hydrogens is 308 g/mol. The molecule has 19 heavy (non-hydrogen) atoms. The SMILES string of the molecule is NCC(=O)Nc1ccc(Oc2ccc(Br)cc2)cc1. The van der Waals surface area contributed by atoms with E-state index in [-0.39, 0.29) is 12.5 Å². The summed E-state index contributed by atoms with van der Waals surface area (Å²) in [5.74, 6) is 1.23. The van der Waals surface area contributed by atoms with E-state index in [4.69, 9.17) is 10.5 Å². The lowest BCUT2D eigenvalue weighted by molar-refractivity contribution is -0.114. The second-order valence-corrected chi connectivity index (χ2v) is 4.75. The van der Waals surface area contributed by atoms with Gasteiger partial charge in [-0.25, -0.2) is 0 Å². The van der Waals surface area contributed by atoms with Crippen molar-refractivity contribution in [2.45, 2.75) is 0 Å². The molecule has 0 unspecified atom stereocenters. The molecule has 0 fully saturated rings. The van der Waals surface area contributed by atoms with Gasteiger partial charge in [0.2, 0.25) is 5.91 Å². The molecule has 1 amide bonds. The molecule has 0 aliphatic rings. The summed E-state index contributed by atoms with van der Waals surface area (Å²) in [5, 5.41) is 2.66. The minimum absolute atomic E-state index is 0.0306. The lowest BCUT2D eigenvalue weighted by atomic mass is 10.3. The zero-order valence-corrected chi connectivity index (χ0v) is 11.7. The molecule has 5 heteroatoms. The van der Waals surface area contributed by atoms with Gasteiger partial charge in [-0.15, -0.1) is 0 Å². The maximum Gasteiger partial charge on any atom is 0.238 e. The number of ether oxygens (including phenoxy) is 1. The zero-order valence-electron chi connectivity index (χ0n) is 10.1. The highest BCUT2D eigenvalue weighted by atomic mass is 79.9. The lowest BCUT2D eigenvalue weighted by Gasteiger charge is -2.07. The average molecular weight is 321 g/mol. The molecule has 0 radical (unpaired) electrons. The zero-order chi connectivity index (χ0) is 13.7. The Morgan fingerprint density at radius 3 is 2.11 bits per heavy atom. The number of carbonyl (C=O) groups is 1. The number of carbonyl (C=O) groups excluding carboxylic acids is 1. The van der Waals surface area contributed by atoms with E-state index in [0.29, 0.717) is 11.4 Å². The van der Waals surface area contributed by atoms with Gasteiger partial charge in [-0.1, -0.05) is 15.9 Å². The van der Waals surface area contributed by atoms with Crippen LogP contribution in [0.25, 0.3) is 0 Å². The third kappa shape index (κ3) is 4.08. The fourth-order valence-corrected chi connectivity index (χ4v) is 1.72. The van der Waals surface area contributed by atoms with E-state index in [0.717, 1.165) is 10.2 Å². The number of nitrogens with two attached hydrogens (primary N) is 1. The van der Waals surface area contributed by atoms with Crippen LogP contribution in [0.15, 0.2) is 53.0 Å². The molecule has 98 valence electrons. The van der Waals surface area contributed by atoms with Crippen LogP contribution in [0.3, 0.4) is 0 Å². The molecule has 4 nitrogen and oxygen atoms in total. The average Bonchev–Trinajstić information content (AvgIpc) is 2.43. The van der Waals surface area contributed by atoms with Crippen LogP contribution in [0, 0.1) is 0 Å². The molecule has 2 rings (SSSR count). The Morgan fingerprint density at radius 2 is 1.58 bits per heavy atom. The van der Waals surface area contributed by atoms with Gasteiger partial charge in [0, 0.05) is 10.2 Å². The van der Waals surface area contributed by atoms with E-state index >= 15 is 0 Å². The largest absolute Gasteiger partial charge is 0.457 e. The van der Waals surface area contributed by atoms with Crippen molar-refractivity contribution < 1.29 is 9.53 Å². The topological polar surface area (TPSA) is 64.4 Å². The van der Waals surface area contributed by atoms with Crippen LogP contribution < -0.4 is 15.8 Å². The van der Waals surface area contributed by atoms with Crippen LogP contribution in [0.1, 0.15) is 0 Å². The standard InChI is InChI=1S/C14H13BrN2O2/c15-10-1-5-12(6-2-10)19-13-7-3-11(4-8-13)17-14(18)9-16/h1-8H,9,16H2,(H,17,18). The van der Waals surface area contributed by atoms with Gasteiger partial charge >= 0.3 is 0 Å². The van der Waals surface area contributed by atoms with E-state index in [9.17, 15) is 4.79 Å². The van der Waals surface area contributed by atoms with Gasteiger partial charge in [-0.2, -0.15) is 0 Å². The van der Waals surface area contributed by atoms with Gasteiger partial charge in [0.1, 0.15) is 11.5 Å². The van der Waals surface area contributed by atoms with Crippen molar-refractivity contribution in [1.29, 1.82) is 0 Å². The summed E-state index contributed by atoms with van der Waals surface area (Å²) in [6.07, 6.45) is 0. The minimum Gasteiger partial charge on any atom is -0.457 e. The molecule has 0 saturated carbocycles. The van der Waals surface area contributed by atoms with Gasteiger partial charge < -0.3 is 15.8 Å². The Balaban J connectivity index is 2.02. The van der Waals surface area contributed by atoms with Crippen molar-refractivity contribution in [3.8, 4) is 11.5 Å². The third-order valence-corrected chi connectivity index (χ3v) is 2.90. The Morgan fingerprint density at radius 1 is 1.05 bits per heavy atom. The van der Waals surface area contributed by atoms with Crippen LogP contribution in [0.2, 0.25) is 0 Å². The predicted molar refractivity (Wildman–Crippen MR) is 78.3 cm³/mol. The summed E-state index contributed by atoms with van der Waals surface area (Å²) in [6, 6.07) is 14.7. The van der Waals surface area contributed by atoms with Gasteiger partial charge in [0.05, 0.1) is 6.54 Å². The van der Waals surface area contributed by atoms with Crippen molar-refractivity contribution in [3.05, 3.63) is 53.0 Å². The second kappa shape index (κ2) is 6.36. The number of hydrogen-bond donors (Lipinski definition) is 2. The van der Waals surface area contributed by atoms with E-state index in [1.165, 1.54) is 0 Å². The molecule has 0 aliphatic carbocycles. The molecule has 0 aliphatic heterocycles. The number of anilines is 1. The first-order valence-corrected chi connectivity index (χ1v) is 6.50. The molecule has 0 heterocycles. The fourth-order valence-electron chi connectivity index (χ4n) is 1.46. The number of benzene rings is 2. The van der Waals surface area contributed by atoms with Crippen LogP contribution in [0.5, 0.6) is 11.5 Å². The minimum atomic E-state index is -0.221. The van der Waals surface area contributed by atoms with E-state index in [1.54, 1.807) is 24.3 Å². The van der Waals surface area contributed by atoms with Crippen LogP contribution in [-0.2, 0) is 4.79 Å². The van der Waals surface area contributed by atoms with Crippen molar-refractivity contribution in [2.24, 2.45) is 5.73 Å². The van der Waals surface area contributed by atoms with Gasteiger partial charge in [0.15, 0.2) is 0 Å². The number of amides is 1. The molecule has 0 spiro atoms. The molecule has 0 bridgehead atoms. The Hall–Kier alpha value is -1.85. The van der Waals surface area contributed by atoms with Gasteiger partial charge in [0.25, 0.3) is 0 Å². The van der Waals surface area contributed by atoms with Crippen LogP contribution in [0.4, 0.5) is 5.69 Å². The van der Waals surface area contributed by atoms with Crippen molar-refractivity contribution in [1.82, 2.24) is 0 Å². The molecule has 2 aromatic rings. The quantitative estimate of drug-likeness (QED) is 0.909. The van der Waals surface area contributed by atoms with Crippen LogP contribution >= 0.6 is 15.9 Å². The Bertz CT molecular complexity index is 553. The first-order chi connectivity index (χ1) is 9.17. The number of halogens is 1. The van der Waals surface area contributed by atoms with E-state index < -0.39 is 0 Å². The monoisotopic (exact) mass is 320 g/mol. The van der Waals surface area contributed by atoms with E-state index in [2.05, 4.69) is 21.2 Å². The fraction of sp³-hybridized carbons (Fsp3) is 0.0714. The highest BCUT2D eigenvalue weighted by Gasteiger charge is 2.00. The maximum absolute atomic E-state index is 11.1. The summed E-state index contributed by atoms with van der Waals surface area (Å²) in [7, 11) is 0. The Labute approximate surface area is 119 Å². The smallest absolute Gasteiger partial charge is 0.238 e. The molecule has 0 atom stereocenters. The molecule has 0 saturated heterocycles. The maximum atomic E-state index is 11.1. The summed E-state index contributed by atoms with van der Waals surface area (Å²) >= 11 is 3.36. The number of nitrogens with one attached hydrogen (secondary N) is 1. The third-order valence-electron chi connectivity index (χ3n) is 2.37. The first kappa shape index (κ1) is 13.6. The van der Waals surface area contributed by atoms with Crippen molar-refractivity contribution >= 4 is 27.5 Å². The first-order valence-electron chi connectivity index (χ1n) is 5.71. The molecule has 3 N–H and O–H groups in total. The van der Waals surface area contributed by atoms with E-state index in [1.807, 2.05) is 24.3 Å². The highest BCUT2D eigenvalue weighted by molar-refractivity contribution is 9.10. The van der Waals surface area contributed by atoms with Crippen molar-refractivity contribution in [2.75, 3.05) is 11.9 Å². The highest BCUT2D eigenvalue weighted by Crippen LogP contribution is 2.24. The number of hydrogen-bond acceptors (Lipinski definition) is 3. The molecular formula is C14H13BrN2O2. The summed E-state index contributed by atoms with van der Waals surface area (Å²) in [6.45, 7) is -0.0306. The van der Waals surface area contributed by atoms with Crippen molar-refractivity contribution in [3.63, 3.8) is 0 Å². The summed E-state index contributed by atoms with van der Waals surface area (Å²) < 4.78 is 6.66. The van der Waals surface area contributed by atoms with Gasteiger partial charge in [-0.05, 0) is 48.5 Å². The molecule has 0 aromatic heterocycles. The van der Waals surface area contributed by atoms with Crippen LogP contribution in [-0.4, -0.2) is 12.5 Å². The second-order valence-electron chi connectivity index (χ2n) is 3.83. The van der Waals surface area contributed by atoms with Gasteiger partial charge in [-0.3, -0.25) is 4.79 Å². The molecule has 2 aromatic carbocycles.